The summed E-state index contributed by atoms with van der Waals surface area (Å²) in [7, 11) is 0. The van der Waals surface area contributed by atoms with Crippen LogP contribution in [0.5, 0.6) is 5.75 Å². The van der Waals surface area contributed by atoms with Gasteiger partial charge in [-0.2, -0.15) is 5.26 Å². The smallest absolute Gasteiger partial charge is 0.258 e. The van der Waals surface area contributed by atoms with Crippen LogP contribution in [0, 0.1) is 24.1 Å². The molecule has 2 aliphatic heterocycles. The van der Waals surface area contributed by atoms with Crippen molar-refractivity contribution in [3.63, 3.8) is 0 Å². The molecule has 28 heavy (non-hydrogen) atoms. The fraction of sp³-hybridized carbons (Fsp3) is 0.333. The van der Waals surface area contributed by atoms with Crippen LogP contribution in [-0.4, -0.2) is 17.3 Å². The minimum Gasteiger partial charge on any atom is -0.440 e. The maximum Gasteiger partial charge on any atom is 0.258 e. The van der Waals surface area contributed by atoms with Gasteiger partial charge in [0.05, 0.1) is 24.1 Å². The van der Waals surface area contributed by atoms with Crippen LogP contribution in [0.2, 0.25) is 0 Å². The Morgan fingerprint density at radius 2 is 2.11 bits per heavy atom. The van der Waals surface area contributed by atoms with Crippen LogP contribution in [-0.2, 0) is 11.3 Å². The van der Waals surface area contributed by atoms with E-state index in [0.717, 1.165) is 18.5 Å². The Balaban J connectivity index is 1.89. The summed E-state index contributed by atoms with van der Waals surface area (Å²) in [6.45, 7) is 2.96. The van der Waals surface area contributed by atoms with Gasteiger partial charge in [0.2, 0.25) is 5.88 Å². The quantitative estimate of drug-likeness (QED) is 0.883. The molecule has 1 saturated heterocycles. The van der Waals surface area contributed by atoms with Gasteiger partial charge in [0.1, 0.15) is 23.2 Å². The standard InChI is InChI=1S/C21H20FN3O3/c1-12-9-17-19(21(26)25(12)11-15-3-2-8-27-15)18(16(10-23)20(24)28-17)13-4-6-14(22)7-5-13/h4-7,9,15,18H,2-3,8,11,24H2,1H3/t15-,18+/m0/s1. The van der Waals surface area contributed by atoms with Crippen molar-refractivity contribution in [3.8, 4) is 11.8 Å². The van der Waals surface area contributed by atoms with Crippen LogP contribution in [0.3, 0.4) is 0 Å². The van der Waals surface area contributed by atoms with Crippen LogP contribution >= 0.6 is 0 Å². The highest BCUT2D eigenvalue weighted by molar-refractivity contribution is 5.55. The predicted octanol–water partition coefficient (Wildman–Crippen LogP) is 2.69. The Morgan fingerprint density at radius 1 is 1.36 bits per heavy atom. The van der Waals surface area contributed by atoms with E-state index in [2.05, 4.69) is 6.07 Å². The van der Waals surface area contributed by atoms with Gasteiger partial charge >= 0.3 is 0 Å². The maximum absolute atomic E-state index is 13.4. The third-order valence-corrected chi connectivity index (χ3v) is 5.30. The van der Waals surface area contributed by atoms with E-state index in [0.29, 0.717) is 30.0 Å². The lowest BCUT2D eigenvalue weighted by atomic mass is 9.84. The average molecular weight is 381 g/mol. The van der Waals surface area contributed by atoms with Crippen molar-refractivity contribution in [1.29, 1.82) is 5.26 Å². The third kappa shape index (κ3) is 3.06. The van der Waals surface area contributed by atoms with Crippen LogP contribution in [0.4, 0.5) is 4.39 Å². The third-order valence-electron chi connectivity index (χ3n) is 5.30. The first-order valence-corrected chi connectivity index (χ1v) is 9.18. The van der Waals surface area contributed by atoms with Crippen molar-refractivity contribution in [2.75, 3.05) is 6.61 Å². The van der Waals surface area contributed by atoms with Gasteiger partial charge < -0.3 is 19.8 Å². The molecule has 1 aromatic carbocycles. The molecule has 0 unspecified atom stereocenters. The van der Waals surface area contributed by atoms with E-state index in [9.17, 15) is 14.4 Å². The van der Waals surface area contributed by atoms with Gasteiger partial charge in [-0.3, -0.25) is 4.79 Å². The van der Waals surface area contributed by atoms with Crippen molar-refractivity contribution in [2.24, 2.45) is 5.73 Å². The minimum absolute atomic E-state index is 0.0146. The SMILES string of the molecule is Cc1cc2c(c(=O)n1C[C@@H]1CCCO1)[C@H](c1ccc(F)cc1)C(C#N)=C(N)O2. The summed E-state index contributed by atoms with van der Waals surface area (Å²) < 4.78 is 26.4. The molecule has 4 rings (SSSR count). The van der Waals surface area contributed by atoms with Crippen molar-refractivity contribution in [2.45, 2.75) is 38.3 Å². The monoisotopic (exact) mass is 381 g/mol. The summed E-state index contributed by atoms with van der Waals surface area (Å²) in [4.78, 5) is 13.4. The number of nitrogens with zero attached hydrogens (tertiary/aromatic N) is 2. The molecule has 2 atom stereocenters. The Morgan fingerprint density at radius 3 is 2.75 bits per heavy atom. The zero-order valence-electron chi connectivity index (χ0n) is 15.4. The second kappa shape index (κ2) is 7.13. The van der Waals surface area contributed by atoms with E-state index in [-0.39, 0.29) is 23.1 Å². The van der Waals surface area contributed by atoms with Crippen LogP contribution < -0.4 is 16.0 Å². The summed E-state index contributed by atoms with van der Waals surface area (Å²) in [5.74, 6) is -0.818. The molecule has 1 aromatic heterocycles. The van der Waals surface area contributed by atoms with E-state index < -0.39 is 11.7 Å². The molecular formula is C21H20FN3O3. The molecule has 0 aliphatic carbocycles. The Kier molecular flexibility index (Phi) is 4.65. The van der Waals surface area contributed by atoms with E-state index >= 15 is 0 Å². The molecule has 0 amide bonds. The molecule has 1 fully saturated rings. The number of aryl methyl sites for hydroxylation is 1. The van der Waals surface area contributed by atoms with Crippen molar-refractivity contribution in [3.05, 3.63) is 74.8 Å². The van der Waals surface area contributed by atoms with E-state index in [4.69, 9.17) is 15.2 Å². The molecule has 0 saturated carbocycles. The van der Waals surface area contributed by atoms with E-state index in [1.165, 1.54) is 12.1 Å². The number of fused-ring (bicyclic) bond motifs is 1. The largest absolute Gasteiger partial charge is 0.440 e. The second-order valence-electron chi connectivity index (χ2n) is 7.09. The molecule has 2 aromatic rings. The summed E-state index contributed by atoms with van der Waals surface area (Å²) in [6, 6.07) is 9.53. The van der Waals surface area contributed by atoms with E-state index in [1.807, 2.05) is 6.92 Å². The fourth-order valence-electron chi connectivity index (χ4n) is 3.89. The first-order chi connectivity index (χ1) is 13.5. The fourth-order valence-corrected chi connectivity index (χ4v) is 3.89. The Labute approximate surface area is 161 Å². The predicted molar refractivity (Wildman–Crippen MR) is 100 cm³/mol. The molecule has 144 valence electrons. The zero-order chi connectivity index (χ0) is 19.8. The summed E-state index contributed by atoms with van der Waals surface area (Å²) in [6.07, 6.45) is 1.86. The maximum atomic E-state index is 13.4. The number of benzene rings is 1. The summed E-state index contributed by atoms with van der Waals surface area (Å²) >= 11 is 0. The number of ether oxygens (including phenoxy) is 2. The van der Waals surface area contributed by atoms with Crippen molar-refractivity contribution < 1.29 is 13.9 Å². The first kappa shape index (κ1) is 18.3. The number of aromatic nitrogens is 1. The van der Waals surface area contributed by atoms with Gasteiger partial charge in [-0.15, -0.1) is 0 Å². The van der Waals surface area contributed by atoms with Gasteiger partial charge in [-0.1, -0.05) is 12.1 Å². The van der Waals surface area contributed by atoms with Gasteiger partial charge in [0.25, 0.3) is 5.56 Å². The zero-order valence-corrected chi connectivity index (χ0v) is 15.4. The van der Waals surface area contributed by atoms with Gasteiger partial charge in [-0.25, -0.2) is 4.39 Å². The molecule has 2 aliphatic rings. The number of allylic oxidation sites excluding steroid dienone is 1. The molecular weight excluding hydrogens is 361 g/mol. The van der Waals surface area contributed by atoms with E-state index in [1.54, 1.807) is 22.8 Å². The number of nitrogens with two attached hydrogens (primary N) is 1. The highest BCUT2D eigenvalue weighted by Gasteiger charge is 2.34. The van der Waals surface area contributed by atoms with Crippen LogP contribution in [0.1, 0.15) is 35.6 Å². The highest BCUT2D eigenvalue weighted by atomic mass is 19.1. The normalized spacial score (nSPS) is 21.2. The van der Waals surface area contributed by atoms with Gasteiger partial charge in [0.15, 0.2) is 0 Å². The lowest BCUT2D eigenvalue weighted by Gasteiger charge is -2.27. The topological polar surface area (TPSA) is 90.3 Å². The number of pyridine rings is 1. The number of nitriles is 1. The number of hydrogen-bond acceptors (Lipinski definition) is 5. The molecule has 7 heteroatoms. The lowest BCUT2D eigenvalue weighted by Crippen LogP contribution is -2.35. The molecule has 6 nitrogen and oxygen atoms in total. The lowest BCUT2D eigenvalue weighted by molar-refractivity contribution is 0.0955. The Bertz CT molecular complexity index is 1040. The number of rotatable bonds is 3. The minimum atomic E-state index is -0.710. The van der Waals surface area contributed by atoms with Gasteiger partial charge in [0, 0.05) is 18.4 Å². The number of halogens is 1. The Hall–Kier alpha value is -3.11. The average Bonchev–Trinajstić information content (AvgIpc) is 3.18. The molecule has 0 radical (unpaired) electrons. The summed E-state index contributed by atoms with van der Waals surface area (Å²) in [5, 5.41) is 9.65. The van der Waals surface area contributed by atoms with Crippen LogP contribution in [0.25, 0.3) is 0 Å². The first-order valence-electron chi connectivity index (χ1n) is 9.18. The molecule has 0 spiro atoms. The molecule has 2 N–H and O–H groups in total. The van der Waals surface area contributed by atoms with Crippen LogP contribution in [0.15, 0.2) is 46.6 Å². The van der Waals surface area contributed by atoms with Gasteiger partial charge in [-0.05, 0) is 37.5 Å². The number of hydrogen-bond donors (Lipinski definition) is 1. The second-order valence-corrected chi connectivity index (χ2v) is 7.09. The molecule has 3 heterocycles. The van der Waals surface area contributed by atoms with Crippen molar-refractivity contribution >= 4 is 0 Å². The molecule has 0 bridgehead atoms. The summed E-state index contributed by atoms with van der Waals surface area (Å²) in [5.41, 5.74) is 7.52. The van der Waals surface area contributed by atoms with Crippen molar-refractivity contribution in [1.82, 2.24) is 4.57 Å². The highest BCUT2D eigenvalue weighted by Crippen LogP contribution is 2.40.